The smallest absolute Gasteiger partial charge is 0.325 e. The summed E-state index contributed by atoms with van der Waals surface area (Å²) in [5.74, 6) is -0.0181. The minimum atomic E-state index is -0.428. The number of aryl methyl sites for hydroxylation is 1. The van der Waals surface area contributed by atoms with Gasteiger partial charge in [0.2, 0.25) is 5.88 Å². The molecule has 18 heavy (non-hydrogen) atoms. The lowest BCUT2D eigenvalue weighted by molar-refractivity contribution is 0.366. The van der Waals surface area contributed by atoms with E-state index in [0.717, 1.165) is 0 Å². The van der Waals surface area contributed by atoms with Crippen molar-refractivity contribution in [2.24, 2.45) is 0 Å². The third-order valence-electron chi connectivity index (χ3n) is 2.24. The average Bonchev–Trinajstić information content (AvgIpc) is 2.37. The standard InChI is InChI=1S/C12H10BrFN2O2/c1-7-4-3-5-9(10(7)14)18-12-15-6-8(13)11(16-12)17-2/h3-6H,1-2H3. The molecule has 2 aromatic rings. The van der Waals surface area contributed by atoms with Crippen molar-refractivity contribution in [3.8, 4) is 17.6 Å². The summed E-state index contributed by atoms with van der Waals surface area (Å²) in [4.78, 5) is 7.91. The fourth-order valence-corrected chi connectivity index (χ4v) is 1.68. The van der Waals surface area contributed by atoms with E-state index in [1.54, 1.807) is 19.1 Å². The Hall–Kier alpha value is -1.69. The van der Waals surface area contributed by atoms with Gasteiger partial charge in [0.05, 0.1) is 17.8 Å². The number of aromatic nitrogens is 2. The molecule has 6 heteroatoms. The normalized spacial score (nSPS) is 10.2. The minimum Gasteiger partial charge on any atom is -0.480 e. The molecule has 0 aliphatic rings. The van der Waals surface area contributed by atoms with E-state index in [9.17, 15) is 4.39 Å². The van der Waals surface area contributed by atoms with Gasteiger partial charge in [-0.15, -0.1) is 0 Å². The fraction of sp³-hybridized carbons (Fsp3) is 0.167. The molecule has 1 aromatic heterocycles. The van der Waals surface area contributed by atoms with Gasteiger partial charge in [-0.05, 0) is 34.5 Å². The maximum Gasteiger partial charge on any atom is 0.325 e. The lowest BCUT2D eigenvalue weighted by atomic mass is 10.2. The monoisotopic (exact) mass is 312 g/mol. The molecular formula is C12H10BrFN2O2. The van der Waals surface area contributed by atoms with Gasteiger partial charge >= 0.3 is 6.01 Å². The van der Waals surface area contributed by atoms with Crippen molar-refractivity contribution in [2.75, 3.05) is 7.11 Å². The number of hydrogen-bond acceptors (Lipinski definition) is 4. The summed E-state index contributed by atoms with van der Waals surface area (Å²) >= 11 is 3.22. The zero-order valence-electron chi connectivity index (χ0n) is 9.78. The van der Waals surface area contributed by atoms with Gasteiger partial charge in [0.25, 0.3) is 0 Å². The Kier molecular flexibility index (Phi) is 3.76. The van der Waals surface area contributed by atoms with Crippen molar-refractivity contribution >= 4 is 15.9 Å². The molecule has 1 aromatic carbocycles. The predicted molar refractivity (Wildman–Crippen MR) is 67.5 cm³/mol. The molecule has 94 valence electrons. The minimum absolute atomic E-state index is 0.0274. The Morgan fingerprint density at radius 3 is 2.83 bits per heavy atom. The Balaban J connectivity index is 2.31. The van der Waals surface area contributed by atoms with Crippen LogP contribution in [0.5, 0.6) is 17.6 Å². The molecule has 0 amide bonds. The zero-order valence-corrected chi connectivity index (χ0v) is 11.4. The first-order valence-corrected chi connectivity index (χ1v) is 5.90. The number of nitrogens with zero attached hydrogens (tertiary/aromatic N) is 2. The van der Waals surface area contributed by atoms with Crippen LogP contribution >= 0.6 is 15.9 Å². The second-order valence-electron chi connectivity index (χ2n) is 3.50. The van der Waals surface area contributed by atoms with Crippen LogP contribution in [0.25, 0.3) is 0 Å². The van der Waals surface area contributed by atoms with E-state index >= 15 is 0 Å². The lowest BCUT2D eigenvalue weighted by Gasteiger charge is -2.07. The molecule has 0 aliphatic carbocycles. The molecule has 0 bridgehead atoms. The van der Waals surface area contributed by atoms with E-state index in [4.69, 9.17) is 9.47 Å². The van der Waals surface area contributed by atoms with Crippen molar-refractivity contribution in [3.05, 3.63) is 40.2 Å². The maximum absolute atomic E-state index is 13.7. The molecule has 0 saturated carbocycles. The first-order valence-electron chi connectivity index (χ1n) is 5.11. The van der Waals surface area contributed by atoms with E-state index < -0.39 is 5.82 Å². The Morgan fingerprint density at radius 1 is 1.33 bits per heavy atom. The predicted octanol–water partition coefficient (Wildman–Crippen LogP) is 3.49. The van der Waals surface area contributed by atoms with Crippen LogP contribution in [-0.4, -0.2) is 17.1 Å². The highest BCUT2D eigenvalue weighted by molar-refractivity contribution is 9.10. The van der Waals surface area contributed by atoms with Crippen molar-refractivity contribution in [1.29, 1.82) is 0 Å². The SMILES string of the molecule is COc1nc(Oc2cccc(C)c2F)ncc1Br. The summed E-state index contributed by atoms with van der Waals surface area (Å²) < 4.78 is 24.6. The molecule has 0 spiro atoms. The van der Waals surface area contributed by atoms with Gasteiger partial charge in [0, 0.05) is 0 Å². The summed E-state index contributed by atoms with van der Waals surface area (Å²) in [6.45, 7) is 1.66. The Labute approximate surface area is 112 Å². The number of benzene rings is 1. The number of ether oxygens (including phenoxy) is 2. The van der Waals surface area contributed by atoms with Crippen LogP contribution in [0.3, 0.4) is 0 Å². The van der Waals surface area contributed by atoms with Crippen molar-refractivity contribution in [2.45, 2.75) is 6.92 Å². The van der Waals surface area contributed by atoms with Gasteiger partial charge in [-0.3, -0.25) is 0 Å². The first kappa shape index (κ1) is 12.8. The zero-order chi connectivity index (χ0) is 13.1. The van der Waals surface area contributed by atoms with Crippen LogP contribution in [0.4, 0.5) is 4.39 Å². The summed E-state index contributed by atoms with van der Waals surface area (Å²) in [6, 6.07) is 4.90. The Bertz CT molecular complexity index is 578. The van der Waals surface area contributed by atoms with E-state index in [1.807, 2.05) is 0 Å². The van der Waals surface area contributed by atoms with Crippen LogP contribution in [0.15, 0.2) is 28.9 Å². The summed E-state index contributed by atoms with van der Waals surface area (Å²) in [5, 5.41) is 0. The van der Waals surface area contributed by atoms with Crippen LogP contribution in [0.1, 0.15) is 5.56 Å². The highest BCUT2D eigenvalue weighted by Gasteiger charge is 2.11. The van der Waals surface area contributed by atoms with Gasteiger partial charge in [0.1, 0.15) is 0 Å². The molecule has 0 radical (unpaired) electrons. The van der Waals surface area contributed by atoms with Gasteiger partial charge in [0.15, 0.2) is 11.6 Å². The summed E-state index contributed by atoms with van der Waals surface area (Å²) in [5.41, 5.74) is 0.497. The maximum atomic E-state index is 13.7. The quantitative estimate of drug-likeness (QED) is 0.870. The van der Waals surface area contributed by atoms with E-state index in [1.165, 1.54) is 19.4 Å². The third-order valence-corrected chi connectivity index (χ3v) is 2.78. The lowest BCUT2D eigenvalue weighted by Crippen LogP contribution is -1.97. The van der Waals surface area contributed by atoms with E-state index in [-0.39, 0.29) is 11.8 Å². The van der Waals surface area contributed by atoms with Crippen molar-refractivity contribution in [3.63, 3.8) is 0 Å². The van der Waals surface area contributed by atoms with E-state index in [2.05, 4.69) is 25.9 Å². The summed E-state index contributed by atoms with van der Waals surface area (Å²) in [6.07, 6.45) is 1.48. The van der Waals surface area contributed by atoms with Gasteiger partial charge in [-0.2, -0.15) is 4.98 Å². The fourth-order valence-electron chi connectivity index (χ4n) is 1.33. The van der Waals surface area contributed by atoms with Gasteiger partial charge < -0.3 is 9.47 Å². The van der Waals surface area contributed by atoms with Gasteiger partial charge in [-0.1, -0.05) is 12.1 Å². The number of methoxy groups -OCH3 is 1. The highest BCUT2D eigenvalue weighted by atomic mass is 79.9. The summed E-state index contributed by atoms with van der Waals surface area (Å²) in [7, 11) is 1.48. The van der Waals surface area contributed by atoms with Gasteiger partial charge in [-0.25, -0.2) is 9.37 Å². The van der Waals surface area contributed by atoms with Crippen LogP contribution < -0.4 is 9.47 Å². The molecule has 1 heterocycles. The Morgan fingerprint density at radius 2 is 2.11 bits per heavy atom. The van der Waals surface area contributed by atoms with Crippen LogP contribution in [-0.2, 0) is 0 Å². The molecule has 0 saturated heterocycles. The van der Waals surface area contributed by atoms with Crippen LogP contribution in [0, 0.1) is 12.7 Å². The average molecular weight is 313 g/mol. The number of halogens is 2. The molecule has 0 N–H and O–H groups in total. The largest absolute Gasteiger partial charge is 0.480 e. The first-order chi connectivity index (χ1) is 8.61. The molecule has 0 unspecified atom stereocenters. The number of rotatable bonds is 3. The molecule has 0 fully saturated rings. The molecule has 0 aliphatic heterocycles. The molecule has 2 rings (SSSR count). The third kappa shape index (κ3) is 2.59. The molecular weight excluding hydrogens is 303 g/mol. The second-order valence-corrected chi connectivity index (χ2v) is 4.35. The molecule has 0 atom stereocenters. The van der Waals surface area contributed by atoms with Crippen molar-refractivity contribution in [1.82, 2.24) is 9.97 Å². The molecule has 4 nitrogen and oxygen atoms in total. The highest BCUT2D eigenvalue weighted by Crippen LogP contribution is 2.27. The van der Waals surface area contributed by atoms with Crippen molar-refractivity contribution < 1.29 is 13.9 Å². The number of hydrogen-bond donors (Lipinski definition) is 0. The van der Waals surface area contributed by atoms with Crippen LogP contribution in [0.2, 0.25) is 0 Å². The second kappa shape index (κ2) is 5.30. The topological polar surface area (TPSA) is 44.2 Å². The van der Waals surface area contributed by atoms with E-state index in [0.29, 0.717) is 15.9 Å².